The van der Waals surface area contributed by atoms with Crippen molar-refractivity contribution in [1.82, 2.24) is 5.32 Å². The Balaban J connectivity index is 2.09. The molecule has 2 rings (SSSR count). The van der Waals surface area contributed by atoms with Gasteiger partial charge in [0.2, 0.25) is 0 Å². The van der Waals surface area contributed by atoms with E-state index >= 15 is 0 Å². The summed E-state index contributed by atoms with van der Waals surface area (Å²) in [5, 5.41) is 91.3. The van der Waals surface area contributed by atoms with Gasteiger partial charge >= 0.3 is 5.97 Å². The number of hydrogen-bond acceptors (Lipinski definition) is 14. The molecular formula is C18H34N2O13. The smallest absolute Gasteiger partial charge is 0.320 e. The van der Waals surface area contributed by atoms with Crippen molar-refractivity contribution in [3.05, 3.63) is 0 Å². The molecule has 2 saturated heterocycles. The Hall–Kier alpha value is -1.05. The van der Waals surface area contributed by atoms with Crippen molar-refractivity contribution in [2.24, 2.45) is 5.73 Å². The van der Waals surface area contributed by atoms with Gasteiger partial charge in [0, 0.05) is 6.54 Å². The maximum Gasteiger partial charge on any atom is 0.320 e. The molecule has 15 heteroatoms. The predicted molar refractivity (Wildman–Crippen MR) is 105 cm³/mol. The first-order chi connectivity index (χ1) is 15.5. The second-order valence-electron chi connectivity index (χ2n) is 8.08. The molecule has 0 amide bonds. The van der Waals surface area contributed by atoms with Gasteiger partial charge in [-0.25, -0.2) is 0 Å². The zero-order valence-electron chi connectivity index (χ0n) is 17.7. The third-order valence-corrected chi connectivity index (χ3v) is 5.73. The summed E-state index contributed by atoms with van der Waals surface area (Å²) in [6.45, 7) is -1.55. The van der Waals surface area contributed by atoms with Crippen molar-refractivity contribution in [3.8, 4) is 0 Å². The van der Waals surface area contributed by atoms with E-state index in [-0.39, 0.29) is 19.4 Å². The number of rotatable bonds is 11. The molecule has 1 unspecified atom stereocenters. The largest absolute Gasteiger partial charge is 0.480 e. The van der Waals surface area contributed by atoms with Gasteiger partial charge in [0.15, 0.2) is 6.29 Å². The van der Waals surface area contributed by atoms with Crippen LogP contribution in [0.15, 0.2) is 0 Å². The highest BCUT2D eigenvalue weighted by atomic mass is 16.7. The Labute approximate surface area is 188 Å². The van der Waals surface area contributed by atoms with Gasteiger partial charge in [-0.3, -0.25) is 10.1 Å². The first kappa shape index (κ1) is 28.2. The van der Waals surface area contributed by atoms with Crippen LogP contribution in [0.25, 0.3) is 0 Å². The molecule has 0 aromatic carbocycles. The lowest BCUT2D eigenvalue weighted by Gasteiger charge is -2.46. The average Bonchev–Trinajstić information content (AvgIpc) is 2.80. The molecule has 2 fully saturated rings. The molecule has 2 aliphatic heterocycles. The average molecular weight is 486 g/mol. The number of ether oxygens (including phenoxy) is 3. The molecule has 2 heterocycles. The summed E-state index contributed by atoms with van der Waals surface area (Å²) in [6, 6.07) is -1.29. The quantitative estimate of drug-likeness (QED) is 0.130. The van der Waals surface area contributed by atoms with E-state index < -0.39 is 92.7 Å². The molecule has 12 N–H and O–H groups in total. The molecular weight excluding hydrogens is 452 g/mol. The highest BCUT2D eigenvalue weighted by molar-refractivity contribution is 5.73. The number of nitrogens with two attached hydrogens (primary N) is 1. The van der Waals surface area contributed by atoms with E-state index in [9.17, 15) is 50.8 Å². The van der Waals surface area contributed by atoms with Crippen LogP contribution in [0.3, 0.4) is 0 Å². The third kappa shape index (κ3) is 6.76. The van der Waals surface area contributed by atoms with Crippen LogP contribution in [0.2, 0.25) is 0 Å². The predicted octanol–water partition coefficient (Wildman–Crippen LogP) is -6.25. The number of hydrogen-bond donors (Lipinski definition) is 11. The standard InChI is InChI=1S/C18H34N2O13/c19-3-6(23)1-2-7(17(29)30)20-16-13(27)12(26)15(9(5-22)31-16)33-18-14(28)11(25)10(24)8(4-21)32-18/h6-16,18,20-28H,1-5,19H2,(H,29,30)/t6-,7+,8-,9-,10+,11+,12-,13-,14-,15-,16?,18+/m1/s1. The molecule has 0 aromatic heterocycles. The van der Waals surface area contributed by atoms with Crippen molar-refractivity contribution in [2.75, 3.05) is 19.8 Å². The normalized spacial score (nSPS) is 41.5. The number of aliphatic carboxylic acids is 1. The Kier molecular flexibility index (Phi) is 10.8. The molecule has 0 radical (unpaired) electrons. The maximum atomic E-state index is 11.5. The van der Waals surface area contributed by atoms with Gasteiger partial charge in [-0.15, -0.1) is 0 Å². The molecule has 0 aliphatic carbocycles. The summed E-state index contributed by atoms with van der Waals surface area (Å²) in [5.74, 6) is -1.32. The molecule has 0 bridgehead atoms. The minimum Gasteiger partial charge on any atom is -0.480 e. The van der Waals surface area contributed by atoms with Crippen LogP contribution in [-0.4, -0.2) is 145 Å². The minimum atomic E-state index is -1.80. The number of nitrogens with one attached hydrogen (secondary N) is 1. The zero-order valence-corrected chi connectivity index (χ0v) is 17.7. The fourth-order valence-electron chi connectivity index (χ4n) is 3.68. The van der Waals surface area contributed by atoms with Crippen molar-refractivity contribution in [3.63, 3.8) is 0 Å². The lowest BCUT2D eigenvalue weighted by Crippen LogP contribution is -2.67. The van der Waals surface area contributed by atoms with Crippen LogP contribution in [-0.2, 0) is 19.0 Å². The van der Waals surface area contributed by atoms with Gasteiger partial charge in [0.05, 0.1) is 19.3 Å². The Morgan fingerprint density at radius 2 is 1.55 bits per heavy atom. The lowest BCUT2D eigenvalue weighted by molar-refractivity contribution is -0.343. The monoisotopic (exact) mass is 486 g/mol. The molecule has 2 aliphatic rings. The van der Waals surface area contributed by atoms with Gasteiger partial charge in [0.25, 0.3) is 0 Å². The van der Waals surface area contributed by atoms with Crippen molar-refractivity contribution < 1.29 is 65.0 Å². The molecule has 12 atom stereocenters. The highest BCUT2D eigenvalue weighted by Gasteiger charge is 2.50. The summed E-state index contributed by atoms with van der Waals surface area (Å²) in [5.41, 5.74) is 5.30. The van der Waals surface area contributed by atoms with Crippen LogP contribution in [0.4, 0.5) is 0 Å². The fourth-order valence-corrected chi connectivity index (χ4v) is 3.68. The zero-order chi connectivity index (χ0) is 24.9. The lowest BCUT2D eigenvalue weighted by atomic mass is 9.96. The van der Waals surface area contributed by atoms with Gasteiger partial charge < -0.3 is 65.9 Å². The maximum absolute atomic E-state index is 11.5. The van der Waals surface area contributed by atoms with E-state index in [1.807, 2.05) is 0 Å². The SMILES string of the molecule is NC[C@H](O)CC[C@H](NC1O[C@H](CO)[C@@H](O[C@@H]2O[C@H](CO)[C@H](O)[C@H](O)[C@H]2O)[C@H](O)[C@H]1O)C(=O)O. The van der Waals surface area contributed by atoms with Gasteiger partial charge in [-0.05, 0) is 12.8 Å². The summed E-state index contributed by atoms with van der Waals surface area (Å²) in [7, 11) is 0. The van der Waals surface area contributed by atoms with Gasteiger partial charge in [0.1, 0.15) is 61.1 Å². The fraction of sp³-hybridized carbons (Fsp3) is 0.944. The second kappa shape index (κ2) is 12.6. The highest BCUT2D eigenvalue weighted by Crippen LogP contribution is 2.29. The van der Waals surface area contributed by atoms with Gasteiger partial charge in [-0.1, -0.05) is 0 Å². The number of carboxylic acids is 1. The van der Waals surface area contributed by atoms with Gasteiger partial charge in [-0.2, -0.15) is 0 Å². The molecule has 0 spiro atoms. The Morgan fingerprint density at radius 3 is 2.09 bits per heavy atom. The molecule has 33 heavy (non-hydrogen) atoms. The summed E-state index contributed by atoms with van der Waals surface area (Å²) < 4.78 is 16.1. The number of aliphatic hydroxyl groups excluding tert-OH is 8. The van der Waals surface area contributed by atoms with Crippen LogP contribution in [0, 0.1) is 0 Å². The van der Waals surface area contributed by atoms with E-state index in [1.165, 1.54) is 0 Å². The first-order valence-electron chi connectivity index (χ1n) is 10.5. The van der Waals surface area contributed by atoms with Crippen molar-refractivity contribution in [1.29, 1.82) is 0 Å². The van der Waals surface area contributed by atoms with Crippen molar-refractivity contribution >= 4 is 5.97 Å². The Bertz CT molecular complexity index is 612. The van der Waals surface area contributed by atoms with E-state index in [4.69, 9.17) is 19.9 Å². The third-order valence-electron chi connectivity index (χ3n) is 5.73. The van der Waals surface area contributed by atoms with E-state index in [2.05, 4.69) is 5.32 Å². The Morgan fingerprint density at radius 1 is 0.909 bits per heavy atom. The number of carboxylic acid groups (broad SMARTS) is 1. The van der Waals surface area contributed by atoms with Crippen LogP contribution < -0.4 is 11.1 Å². The van der Waals surface area contributed by atoms with E-state index in [0.29, 0.717) is 0 Å². The number of aliphatic hydroxyl groups is 8. The molecule has 0 saturated carbocycles. The molecule has 0 aromatic rings. The van der Waals surface area contributed by atoms with Crippen LogP contribution in [0.5, 0.6) is 0 Å². The van der Waals surface area contributed by atoms with E-state index in [0.717, 1.165) is 0 Å². The molecule has 194 valence electrons. The van der Waals surface area contributed by atoms with Crippen LogP contribution in [0.1, 0.15) is 12.8 Å². The van der Waals surface area contributed by atoms with E-state index in [1.54, 1.807) is 0 Å². The summed E-state index contributed by atoms with van der Waals surface area (Å²) in [6.07, 6.45) is -17.0. The van der Waals surface area contributed by atoms with Crippen LogP contribution >= 0.6 is 0 Å². The number of carbonyl (C=O) groups is 1. The summed E-state index contributed by atoms with van der Waals surface area (Å²) >= 11 is 0. The van der Waals surface area contributed by atoms with Crippen molar-refractivity contribution in [2.45, 2.75) is 86.3 Å². The molecule has 15 nitrogen and oxygen atoms in total. The summed E-state index contributed by atoms with van der Waals surface area (Å²) in [4.78, 5) is 11.5. The minimum absolute atomic E-state index is 0.0398. The first-order valence-corrected chi connectivity index (χ1v) is 10.5. The second-order valence-corrected chi connectivity index (χ2v) is 8.08. The topological polar surface area (TPSA) is 265 Å².